The van der Waals surface area contributed by atoms with E-state index >= 15 is 0 Å². The number of hydrogen-bond acceptors (Lipinski definition) is 6. The summed E-state index contributed by atoms with van der Waals surface area (Å²) in [5.41, 5.74) is 3.25. The third-order valence-corrected chi connectivity index (χ3v) is 7.76. The average molecular weight is 544 g/mol. The van der Waals surface area contributed by atoms with Gasteiger partial charge in [-0.2, -0.15) is 0 Å². The minimum atomic E-state index is -0.962. The SMILES string of the molecule is Cc1c(C(=O)NC(C(=O)Nc2ccc(OC3CCN(C)CC3)nc2)c2ccccc2)[nH]c2c1C(=O)CC(C)(C)C2. The van der Waals surface area contributed by atoms with Gasteiger partial charge in [0.1, 0.15) is 17.8 Å². The summed E-state index contributed by atoms with van der Waals surface area (Å²) in [5, 5.41) is 5.75. The largest absolute Gasteiger partial charge is 0.474 e. The summed E-state index contributed by atoms with van der Waals surface area (Å²) in [5.74, 6) is -0.297. The van der Waals surface area contributed by atoms with Crippen molar-refractivity contribution < 1.29 is 19.1 Å². The number of hydrogen-bond donors (Lipinski definition) is 3. The number of anilines is 1. The molecular weight excluding hydrogens is 506 g/mol. The Kier molecular flexibility index (Phi) is 7.76. The second kappa shape index (κ2) is 11.3. The van der Waals surface area contributed by atoms with Crippen LogP contribution in [0.15, 0.2) is 48.7 Å². The number of rotatable bonds is 7. The fraction of sp³-hybridized carbons (Fsp3) is 0.419. The Morgan fingerprint density at radius 3 is 2.50 bits per heavy atom. The molecule has 1 fully saturated rings. The van der Waals surface area contributed by atoms with Crippen LogP contribution in [0.2, 0.25) is 0 Å². The number of pyridine rings is 1. The smallest absolute Gasteiger partial charge is 0.268 e. The van der Waals surface area contributed by atoms with Crippen LogP contribution in [-0.4, -0.2) is 58.7 Å². The van der Waals surface area contributed by atoms with Crippen molar-refractivity contribution in [3.05, 3.63) is 76.7 Å². The van der Waals surface area contributed by atoms with Crippen LogP contribution in [0.5, 0.6) is 5.88 Å². The minimum absolute atomic E-state index is 0.0344. The predicted molar refractivity (Wildman–Crippen MR) is 153 cm³/mol. The van der Waals surface area contributed by atoms with Gasteiger partial charge in [-0.1, -0.05) is 44.2 Å². The van der Waals surface area contributed by atoms with Crippen LogP contribution in [0.1, 0.15) is 76.8 Å². The second-order valence-corrected chi connectivity index (χ2v) is 11.7. The number of carbonyl (C=O) groups excluding carboxylic acids is 3. The van der Waals surface area contributed by atoms with Crippen molar-refractivity contribution >= 4 is 23.3 Å². The number of carbonyl (C=O) groups is 3. The maximum atomic E-state index is 13.5. The number of likely N-dealkylation sites (tertiary alicyclic amines) is 1. The van der Waals surface area contributed by atoms with E-state index in [0.29, 0.717) is 46.8 Å². The molecule has 210 valence electrons. The van der Waals surface area contributed by atoms with Gasteiger partial charge < -0.3 is 25.3 Å². The highest BCUT2D eigenvalue weighted by atomic mass is 16.5. The number of amides is 2. The summed E-state index contributed by atoms with van der Waals surface area (Å²) in [7, 11) is 2.10. The summed E-state index contributed by atoms with van der Waals surface area (Å²) >= 11 is 0. The van der Waals surface area contributed by atoms with E-state index < -0.39 is 17.9 Å². The number of Topliss-reactive ketones (excluding diaryl/α,β-unsaturated/α-hetero) is 1. The van der Waals surface area contributed by atoms with E-state index in [-0.39, 0.29) is 17.3 Å². The zero-order valence-electron chi connectivity index (χ0n) is 23.5. The Bertz CT molecular complexity index is 1390. The number of benzene rings is 1. The molecular formula is C31H37N5O4. The van der Waals surface area contributed by atoms with Crippen molar-refractivity contribution in [1.82, 2.24) is 20.2 Å². The topological polar surface area (TPSA) is 116 Å². The molecule has 0 bridgehead atoms. The molecule has 3 aromatic rings. The highest BCUT2D eigenvalue weighted by molar-refractivity contribution is 6.06. The molecule has 3 heterocycles. The molecule has 1 atom stereocenters. The number of aromatic amines is 1. The number of ketones is 1. The van der Waals surface area contributed by atoms with E-state index in [1.807, 2.05) is 32.0 Å². The van der Waals surface area contributed by atoms with Gasteiger partial charge in [0, 0.05) is 36.8 Å². The van der Waals surface area contributed by atoms with Crippen molar-refractivity contribution in [3.63, 3.8) is 0 Å². The summed E-state index contributed by atoms with van der Waals surface area (Å²) in [4.78, 5) is 49.6. The molecule has 1 saturated heterocycles. The Hall–Kier alpha value is -3.98. The van der Waals surface area contributed by atoms with Crippen molar-refractivity contribution in [1.29, 1.82) is 0 Å². The van der Waals surface area contributed by atoms with E-state index in [1.165, 1.54) is 0 Å². The van der Waals surface area contributed by atoms with Crippen LogP contribution in [0.4, 0.5) is 5.69 Å². The van der Waals surface area contributed by atoms with Crippen molar-refractivity contribution in [2.75, 3.05) is 25.5 Å². The van der Waals surface area contributed by atoms with Crippen LogP contribution in [0.3, 0.4) is 0 Å². The molecule has 40 heavy (non-hydrogen) atoms. The van der Waals surface area contributed by atoms with Gasteiger partial charge in [0.15, 0.2) is 5.78 Å². The Labute approximate surface area is 234 Å². The monoisotopic (exact) mass is 543 g/mol. The molecule has 2 aliphatic rings. The van der Waals surface area contributed by atoms with Crippen LogP contribution in [0, 0.1) is 12.3 Å². The molecule has 1 aliphatic heterocycles. The zero-order valence-corrected chi connectivity index (χ0v) is 23.5. The molecule has 1 aromatic carbocycles. The van der Waals surface area contributed by atoms with Crippen LogP contribution >= 0.6 is 0 Å². The maximum absolute atomic E-state index is 13.5. The maximum Gasteiger partial charge on any atom is 0.268 e. The zero-order chi connectivity index (χ0) is 28.4. The van der Waals surface area contributed by atoms with Gasteiger partial charge in [0.2, 0.25) is 5.88 Å². The van der Waals surface area contributed by atoms with Crippen LogP contribution in [0.25, 0.3) is 0 Å². The first-order chi connectivity index (χ1) is 19.1. The third kappa shape index (κ3) is 6.09. The fourth-order valence-corrected chi connectivity index (χ4v) is 5.62. The highest BCUT2D eigenvalue weighted by Crippen LogP contribution is 2.36. The number of nitrogens with one attached hydrogen (secondary N) is 3. The van der Waals surface area contributed by atoms with Gasteiger partial charge in [-0.15, -0.1) is 0 Å². The molecule has 5 rings (SSSR count). The predicted octanol–water partition coefficient (Wildman–Crippen LogP) is 4.46. The van der Waals surface area contributed by atoms with Gasteiger partial charge >= 0.3 is 0 Å². The lowest BCUT2D eigenvalue weighted by molar-refractivity contribution is -0.118. The Morgan fingerprint density at radius 2 is 1.82 bits per heavy atom. The lowest BCUT2D eigenvalue weighted by atomic mass is 9.75. The van der Waals surface area contributed by atoms with Crippen molar-refractivity contribution in [2.24, 2.45) is 5.41 Å². The van der Waals surface area contributed by atoms with E-state index in [1.54, 1.807) is 37.4 Å². The summed E-state index contributed by atoms with van der Waals surface area (Å²) in [6.07, 6.45) is 4.70. The van der Waals surface area contributed by atoms with Crippen LogP contribution < -0.4 is 15.4 Å². The average Bonchev–Trinajstić information content (AvgIpc) is 3.25. The molecule has 0 saturated carbocycles. The molecule has 9 nitrogen and oxygen atoms in total. The highest BCUT2D eigenvalue weighted by Gasteiger charge is 2.36. The Morgan fingerprint density at radius 1 is 1.10 bits per heavy atom. The van der Waals surface area contributed by atoms with E-state index in [2.05, 4.69) is 32.5 Å². The lowest BCUT2D eigenvalue weighted by Gasteiger charge is -2.28. The first kappa shape index (κ1) is 27.6. The van der Waals surface area contributed by atoms with Gasteiger partial charge in [-0.3, -0.25) is 14.4 Å². The second-order valence-electron chi connectivity index (χ2n) is 11.7. The minimum Gasteiger partial charge on any atom is -0.474 e. The van der Waals surface area contributed by atoms with Gasteiger partial charge in [0.25, 0.3) is 11.8 Å². The molecule has 2 amide bonds. The van der Waals surface area contributed by atoms with E-state index in [4.69, 9.17) is 4.74 Å². The van der Waals surface area contributed by atoms with Crippen LogP contribution in [-0.2, 0) is 11.2 Å². The first-order valence-corrected chi connectivity index (χ1v) is 13.8. The Balaban J connectivity index is 1.31. The molecule has 9 heteroatoms. The molecule has 3 N–H and O–H groups in total. The molecule has 0 spiro atoms. The summed E-state index contributed by atoms with van der Waals surface area (Å²) in [6, 6.07) is 11.6. The molecule has 0 radical (unpaired) electrons. The summed E-state index contributed by atoms with van der Waals surface area (Å²) < 4.78 is 6.01. The molecule has 1 unspecified atom stereocenters. The first-order valence-electron chi connectivity index (χ1n) is 13.8. The van der Waals surface area contributed by atoms with E-state index in [9.17, 15) is 14.4 Å². The third-order valence-electron chi connectivity index (χ3n) is 7.76. The van der Waals surface area contributed by atoms with E-state index in [0.717, 1.165) is 31.6 Å². The number of aromatic nitrogens is 2. The normalized spacial score (nSPS) is 18.1. The fourth-order valence-electron chi connectivity index (χ4n) is 5.62. The number of fused-ring (bicyclic) bond motifs is 1. The van der Waals surface area contributed by atoms with Gasteiger partial charge in [-0.25, -0.2) is 4.98 Å². The lowest BCUT2D eigenvalue weighted by Crippen LogP contribution is -2.37. The summed E-state index contributed by atoms with van der Waals surface area (Å²) in [6.45, 7) is 7.84. The number of piperidine rings is 1. The number of ether oxygens (including phenoxy) is 1. The number of H-pyrrole nitrogens is 1. The molecule has 2 aromatic heterocycles. The van der Waals surface area contributed by atoms with Crippen molar-refractivity contribution in [2.45, 2.75) is 58.6 Å². The molecule has 1 aliphatic carbocycles. The quantitative estimate of drug-likeness (QED) is 0.405. The standard InChI is InChI=1S/C31H37N5O4/c1-19-26-23(16-31(2,3)17-24(26)37)34-27(19)29(38)35-28(20-8-6-5-7-9-20)30(39)33-21-10-11-25(32-18-21)40-22-12-14-36(4)15-13-22/h5-11,18,22,28,34H,12-17H2,1-4H3,(H,33,39)(H,35,38). The van der Waals surface area contributed by atoms with Crippen molar-refractivity contribution in [3.8, 4) is 5.88 Å². The van der Waals surface area contributed by atoms with Gasteiger partial charge in [0.05, 0.1) is 11.9 Å². The van der Waals surface area contributed by atoms with Gasteiger partial charge in [-0.05, 0) is 55.8 Å². The number of nitrogens with zero attached hydrogens (tertiary/aromatic N) is 2.